The number of primary amides is 1. The quantitative estimate of drug-likeness (QED) is 0.396. The molecule has 8 nitrogen and oxygen atoms in total. The van der Waals surface area contributed by atoms with E-state index in [0.717, 1.165) is 0 Å². The smallest absolute Gasteiger partial charge is 0.313 e. The highest BCUT2D eigenvalue weighted by atomic mass is 35.5. The second-order valence-corrected chi connectivity index (χ2v) is 6.01. The van der Waals surface area contributed by atoms with Crippen LogP contribution in [0.4, 0.5) is 5.69 Å². The molecule has 10 heteroatoms. The molecule has 4 N–H and O–H groups in total. The van der Waals surface area contributed by atoms with Crippen molar-refractivity contribution < 1.29 is 18.8 Å². The summed E-state index contributed by atoms with van der Waals surface area (Å²) in [6, 6.07) is 9.00. The van der Waals surface area contributed by atoms with Crippen LogP contribution in [0.3, 0.4) is 0 Å². The van der Waals surface area contributed by atoms with E-state index in [4.69, 9.17) is 38.6 Å². The zero-order valence-electron chi connectivity index (χ0n) is 13.6. The van der Waals surface area contributed by atoms with Gasteiger partial charge in [0.25, 0.3) is 5.91 Å². The van der Waals surface area contributed by atoms with Gasteiger partial charge in [-0.3, -0.25) is 14.4 Å². The predicted molar refractivity (Wildman–Crippen MR) is 98.4 cm³/mol. The minimum absolute atomic E-state index is 0.0884. The number of halogens is 2. The first-order chi connectivity index (χ1) is 12.8. The molecule has 2 aromatic rings. The normalized spacial score (nSPS) is 10.8. The van der Waals surface area contributed by atoms with E-state index in [9.17, 15) is 14.4 Å². The van der Waals surface area contributed by atoms with Crippen LogP contribution in [0, 0.1) is 11.3 Å². The molecule has 3 amide bonds. The molecule has 0 aliphatic carbocycles. The molecular formula is C17H12Cl2N4O4. The van der Waals surface area contributed by atoms with Crippen molar-refractivity contribution in [3.05, 3.63) is 57.5 Å². The highest BCUT2D eigenvalue weighted by molar-refractivity contribution is 6.40. The minimum Gasteiger partial charge on any atom is -0.460 e. The molecule has 1 aromatic carbocycles. The van der Waals surface area contributed by atoms with Crippen LogP contribution in [0.1, 0.15) is 11.5 Å². The Kier molecular flexibility index (Phi) is 6.60. The third kappa shape index (κ3) is 5.88. The van der Waals surface area contributed by atoms with E-state index in [0.29, 0.717) is 15.8 Å². The van der Waals surface area contributed by atoms with Gasteiger partial charge in [-0.05, 0) is 30.3 Å². The minimum atomic E-state index is -0.916. The summed E-state index contributed by atoms with van der Waals surface area (Å²) in [6.07, 6.45) is 1.17. The molecule has 0 saturated heterocycles. The monoisotopic (exact) mass is 406 g/mol. The van der Waals surface area contributed by atoms with Gasteiger partial charge in [0.05, 0.1) is 6.54 Å². The van der Waals surface area contributed by atoms with Gasteiger partial charge in [0, 0.05) is 21.8 Å². The number of nitrogens with two attached hydrogens (primary N) is 1. The first-order valence-electron chi connectivity index (χ1n) is 7.34. The fourth-order valence-electron chi connectivity index (χ4n) is 1.93. The molecule has 0 bridgehead atoms. The molecule has 138 valence electrons. The summed E-state index contributed by atoms with van der Waals surface area (Å²) in [6.45, 7) is -0.0884. The molecule has 0 spiro atoms. The standard InChI is InChI=1S/C17H12Cl2N4O4/c18-10-4-11(19)6-12(5-10)23-17(26)16(25)22-8-14-2-1-13(27-14)3-9(7-20)15(21)24/h1-6H,8H2,(H2,21,24)(H,22,25)(H,23,26)/b9-3-. The highest BCUT2D eigenvalue weighted by Gasteiger charge is 2.15. The molecule has 0 aliphatic rings. The van der Waals surface area contributed by atoms with Crippen molar-refractivity contribution in [2.45, 2.75) is 6.54 Å². The summed E-state index contributed by atoms with van der Waals surface area (Å²) in [7, 11) is 0. The summed E-state index contributed by atoms with van der Waals surface area (Å²) in [5.74, 6) is -2.21. The second-order valence-electron chi connectivity index (χ2n) is 5.13. The van der Waals surface area contributed by atoms with Gasteiger partial charge in [-0.15, -0.1) is 0 Å². The van der Waals surface area contributed by atoms with Gasteiger partial charge < -0.3 is 20.8 Å². The van der Waals surface area contributed by atoms with E-state index in [1.54, 1.807) is 6.07 Å². The van der Waals surface area contributed by atoms with Crippen LogP contribution in [0.25, 0.3) is 6.08 Å². The van der Waals surface area contributed by atoms with Gasteiger partial charge in [-0.2, -0.15) is 5.26 Å². The number of carbonyl (C=O) groups excluding carboxylic acids is 3. The van der Waals surface area contributed by atoms with Crippen LogP contribution in [0.15, 0.2) is 40.3 Å². The number of nitrogens with one attached hydrogen (secondary N) is 2. The summed E-state index contributed by atoms with van der Waals surface area (Å²) in [4.78, 5) is 34.7. The van der Waals surface area contributed by atoms with Crippen LogP contribution in [-0.4, -0.2) is 17.7 Å². The van der Waals surface area contributed by atoms with Crippen LogP contribution in [0.5, 0.6) is 0 Å². The van der Waals surface area contributed by atoms with Crippen molar-refractivity contribution in [3.8, 4) is 6.07 Å². The number of rotatable bonds is 5. The number of benzene rings is 1. The van der Waals surface area contributed by atoms with E-state index in [2.05, 4.69) is 10.6 Å². The Morgan fingerprint density at radius 2 is 1.81 bits per heavy atom. The Morgan fingerprint density at radius 1 is 1.15 bits per heavy atom. The van der Waals surface area contributed by atoms with Crippen LogP contribution in [0.2, 0.25) is 10.0 Å². The Morgan fingerprint density at radius 3 is 2.41 bits per heavy atom. The molecule has 0 aliphatic heterocycles. The molecular weight excluding hydrogens is 395 g/mol. The van der Waals surface area contributed by atoms with Gasteiger partial charge >= 0.3 is 11.8 Å². The molecule has 27 heavy (non-hydrogen) atoms. The molecule has 0 fully saturated rings. The van der Waals surface area contributed by atoms with Gasteiger partial charge in [0.2, 0.25) is 0 Å². The summed E-state index contributed by atoms with van der Waals surface area (Å²) < 4.78 is 5.33. The largest absolute Gasteiger partial charge is 0.460 e. The van der Waals surface area contributed by atoms with Gasteiger partial charge in [0.1, 0.15) is 23.2 Å². The van der Waals surface area contributed by atoms with Crippen molar-refractivity contribution in [2.24, 2.45) is 5.73 Å². The number of nitriles is 1. The molecule has 0 saturated carbocycles. The average molecular weight is 407 g/mol. The van der Waals surface area contributed by atoms with Crippen LogP contribution >= 0.6 is 23.2 Å². The fraction of sp³-hybridized carbons (Fsp3) is 0.0588. The first-order valence-corrected chi connectivity index (χ1v) is 8.09. The lowest BCUT2D eigenvalue weighted by atomic mass is 10.2. The number of nitrogens with zero attached hydrogens (tertiary/aromatic N) is 1. The van der Waals surface area contributed by atoms with E-state index in [-0.39, 0.29) is 23.6 Å². The van der Waals surface area contributed by atoms with Crippen LogP contribution in [-0.2, 0) is 20.9 Å². The number of furan rings is 1. The Labute approximate surface area is 163 Å². The lowest BCUT2D eigenvalue weighted by Crippen LogP contribution is -2.34. The SMILES string of the molecule is N#C/C(=C/c1ccc(CNC(=O)C(=O)Nc2cc(Cl)cc(Cl)c2)o1)C(N)=O. The third-order valence-electron chi connectivity index (χ3n) is 3.10. The molecule has 2 rings (SSSR count). The summed E-state index contributed by atoms with van der Waals surface area (Å²) in [5.41, 5.74) is 5.02. The lowest BCUT2D eigenvalue weighted by molar-refractivity contribution is -0.136. The molecule has 0 atom stereocenters. The lowest BCUT2D eigenvalue weighted by Gasteiger charge is -2.06. The van der Waals surface area contributed by atoms with Crippen molar-refractivity contribution in [2.75, 3.05) is 5.32 Å². The Bertz CT molecular complexity index is 955. The second kappa shape index (κ2) is 8.89. The number of carbonyl (C=O) groups is 3. The fourth-order valence-corrected chi connectivity index (χ4v) is 2.46. The van der Waals surface area contributed by atoms with Gasteiger partial charge in [0.15, 0.2) is 0 Å². The van der Waals surface area contributed by atoms with E-state index in [1.165, 1.54) is 36.4 Å². The Balaban J connectivity index is 1.94. The predicted octanol–water partition coefficient (Wildman–Crippen LogP) is 2.23. The Hall–Kier alpha value is -3.28. The van der Waals surface area contributed by atoms with Crippen molar-refractivity contribution in [3.63, 3.8) is 0 Å². The maximum Gasteiger partial charge on any atom is 0.313 e. The van der Waals surface area contributed by atoms with Crippen molar-refractivity contribution >= 4 is 52.7 Å². The number of anilines is 1. The van der Waals surface area contributed by atoms with Crippen molar-refractivity contribution in [1.82, 2.24) is 5.32 Å². The number of amides is 3. The van der Waals surface area contributed by atoms with E-state index < -0.39 is 17.7 Å². The van der Waals surface area contributed by atoms with Crippen LogP contribution < -0.4 is 16.4 Å². The van der Waals surface area contributed by atoms with Gasteiger partial charge in [-0.25, -0.2) is 0 Å². The molecule has 1 aromatic heterocycles. The van der Waals surface area contributed by atoms with E-state index in [1.807, 2.05) is 0 Å². The number of hydrogen-bond donors (Lipinski definition) is 3. The molecule has 1 heterocycles. The molecule has 0 unspecified atom stereocenters. The molecule has 0 radical (unpaired) electrons. The maximum absolute atomic E-state index is 11.9. The third-order valence-corrected chi connectivity index (χ3v) is 3.54. The zero-order chi connectivity index (χ0) is 20.0. The van der Waals surface area contributed by atoms with Crippen molar-refractivity contribution in [1.29, 1.82) is 5.26 Å². The first kappa shape index (κ1) is 20.0. The maximum atomic E-state index is 11.9. The summed E-state index contributed by atoms with van der Waals surface area (Å²) >= 11 is 11.6. The van der Waals surface area contributed by atoms with E-state index >= 15 is 0 Å². The highest BCUT2D eigenvalue weighted by Crippen LogP contribution is 2.22. The zero-order valence-corrected chi connectivity index (χ0v) is 15.1. The topological polar surface area (TPSA) is 138 Å². The average Bonchev–Trinajstić information content (AvgIpc) is 3.03. The number of hydrogen-bond acceptors (Lipinski definition) is 5. The van der Waals surface area contributed by atoms with Gasteiger partial charge in [-0.1, -0.05) is 23.2 Å². The summed E-state index contributed by atoms with van der Waals surface area (Å²) in [5, 5.41) is 14.1.